The van der Waals surface area contributed by atoms with Crippen LogP contribution in [0.25, 0.3) is 0 Å². The lowest BCUT2D eigenvalue weighted by Crippen LogP contribution is -2.54. The van der Waals surface area contributed by atoms with E-state index in [2.05, 4.69) is 13.8 Å². The van der Waals surface area contributed by atoms with Crippen LogP contribution in [-0.4, -0.2) is 22.8 Å². The maximum atomic E-state index is 12.9. The van der Waals surface area contributed by atoms with Crippen LogP contribution in [0.2, 0.25) is 0 Å². The number of ketones is 2. The summed E-state index contributed by atoms with van der Waals surface area (Å²) < 4.78 is 0. The Kier molecular flexibility index (Phi) is 3.01. The molecular weight excluding hydrogens is 276 g/mol. The number of fused-ring (bicyclic) bond motifs is 5. The Morgan fingerprint density at radius 1 is 1.05 bits per heavy atom. The smallest absolute Gasteiger partial charge is 0.140 e. The first-order valence-corrected chi connectivity index (χ1v) is 8.81. The molecule has 3 heteroatoms. The highest BCUT2D eigenvalue weighted by atomic mass is 16.3. The van der Waals surface area contributed by atoms with E-state index in [-0.39, 0.29) is 28.8 Å². The van der Waals surface area contributed by atoms with E-state index >= 15 is 0 Å². The van der Waals surface area contributed by atoms with Gasteiger partial charge in [-0.1, -0.05) is 25.5 Å². The third-order valence-electron chi connectivity index (χ3n) is 7.62. The van der Waals surface area contributed by atoms with E-state index in [1.807, 2.05) is 6.08 Å². The van der Waals surface area contributed by atoms with Crippen molar-refractivity contribution < 1.29 is 14.7 Å². The standard InChI is InChI=1S/C19H26O3/c1-18-7-5-12(20)9-11(18)10-15(21)17-13-3-4-16(22)19(13,2)8-6-14(17)18/h9,12-14,17,20H,3-8,10H2,1-2H3/t12?,13-,14-,17-,18-,19-/m0/s1. The van der Waals surface area contributed by atoms with Gasteiger partial charge in [0.2, 0.25) is 0 Å². The molecule has 1 N–H and O–H groups in total. The lowest BCUT2D eigenvalue weighted by Gasteiger charge is -2.56. The van der Waals surface area contributed by atoms with Gasteiger partial charge in [-0.3, -0.25) is 9.59 Å². The van der Waals surface area contributed by atoms with Crippen LogP contribution < -0.4 is 0 Å². The normalized spacial score (nSPS) is 51.0. The van der Waals surface area contributed by atoms with Gasteiger partial charge >= 0.3 is 0 Å². The average molecular weight is 302 g/mol. The van der Waals surface area contributed by atoms with E-state index in [9.17, 15) is 14.7 Å². The summed E-state index contributed by atoms with van der Waals surface area (Å²) >= 11 is 0. The zero-order chi connectivity index (χ0) is 15.7. The number of hydrogen-bond donors (Lipinski definition) is 1. The van der Waals surface area contributed by atoms with E-state index in [0.717, 1.165) is 32.1 Å². The first kappa shape index (κ1) is 14.6. The fourth-order valence-corrected chi connectivity index (χ4v) is 6.18. The second-order valence-corrected chi connectivity index (χ2v) is 8.52. The van der Waals surface area contributed by atoms with Crippen molar-refractivity contribution in [2.75, 3.05) is 0 Å². The van der Waals surface area contributed by atoms with E-state index in [1.54, 1.807) is 0 Å². The summed E-state index contributed by atoms with van der Waals surface area (Å²) in [5.41, 5.74) is 0.985. The molecule has 3 saturated carbocycles. The Labute approximate surface area is 132 Å². The van der Waals surface area contributed by atoms with Gasteiger partial charge in [0.25, 0.3) is 0 Å². The molecule has 1 unspecified atom stereocenters. The van der Waals surface area contributed by atoms with E-state index in [1.165, 1.54) is 5.57 Å². The molecule has 4 aliphatic rings. The highest BCUT2D eigenvalue weighted by Gasteiger charge is 2.61. The number of aliphatic hydroxyl groups excluding tert-OH is 1. The number of allylic oxidation sites excluding steroid dienone is 1. The fourth-order valence-electron chi connectivity index (χ4n) is 6.18. The quantitative estimate of drug-likeness (QED) is 0.700. The van der Waals surface area contributed by atoms with Crippen molar-refractivity contribution in [2.45, 2.75) is 64.9 Å². The van der Waals surface area contributed by atoms with Crippen LogP contribution in [-0.2, 0) is 9.59 Å². The molecule has 0 radical (unpaired) electrons. The molecule has 3 fully saturated rings. The van der Waals surface area contributed by atoms with E-state index in [4.69, 9.17) is 0 Å². The van der Waals surface area contributed by atoms with Crippen molar-refractivity contribution in [1.29, 1.82) is 0 Å². The molecule has 0 aromatic carbocycles. The predicted molar refractivity (Wildman–Crippen MR) is 83.1 cm³/mol. The Morgan fingerprint density at radius 2 is 1.73 bits per heavy atom. The number of Topliss-reactive ketones (excluding diaryl/α,β-unsaturated/α-hetero) is 2. The zero-order valence-electron chi connectivity index (χ0n) is 13.6. The molecule has 4 aliphatic carbocycles. The second-order valence-electron chi connectivity index (χ2n) is 8.52. The van der Waals surface area contributed by atoms with Crippen LogP contribution in [0.5, 0.6) is 0 Å². The van der Waals surface area contributed by atoms with Crippen LogP contribution in [0, 0.1) is 28.6 Å². The average Bonchev–Trinajstić information content (AvgIpc) is 2.77. The zero-order valence-corrected chi connectivity index (χ0v) is 13.6. The molecule has 0 aliphatic heterocycles. The Hall–Kier alpha value is -0.960. The van der Waals surface area contributed by atoms with E-state index in [0.29, 0.717) is 30.3 Å². The number of aliphatic hydroxyl groups is 1. The largest absolute Gasteiger partial charge is 0.389 e. The molecule has 0 amide bonds. The summed E-state index contributed by atoms with van der Waals surface area (Å²) in [5, 5.41) is 9.94. The molecule has 0 aromatic rings. The van der Waals surface area contributed by atoms with Crippen molar-refractivity contribution in [1.82, 2.24) is 0 Å². The van der Waals surface area contributed by atoms with Crippen molar-refractivity contribution >= 4 is 11.6 Å². The molecule has 3 nitrogen and oxygen atoms in total. The van der Waals surface area contributed by atoms with Gasteiger partial charge in [0.1, 0.15) is 11.6 Å². The molecule has 0 aromatic heterocycles. The Balaban J connectivity index is 1.75. The maximum absolute atomic E-state index is 12.9. The van der Waals surface area contributed by atoms with E-state index < -0.39 is 0 Å². The van der Waals surface area contributed by atoms with Gasteiger partial charge in [0.05, 0.1) is 6.10 Å². The number of hydrogen-bond acceptors (Lipinski definition) is 3. The minimum atomic E-state index is -0.380. The molecule has 0 heterocycles. The van der Waals surface area contributed by atoms with Gasteiger partial charge < -0.3 is 5.11 Å². The minimum absolute atomic E-state index is 0.0603. The SMILES string of the molecule is C[C@]12CCC(O)C=C1CC(=O)[C@@H]1[C@@H]2CC[C@]2(C)C(=O)CC[C@@H]12. The van der Waals surface area contributed by atoms with Gasteiger partial charge in [-0.25, -0.2) is 0 Å². The Bertz CT molecular complexity index is 577. The number of carbonyl (C=O) groups is 2. The minimum Gasteiger partial charge on any atom is -0.389 e. The second kappa shape index (κ2) is 4.53. The molecule has 0 bridgehead atoms. The van der Waals surface area contributed by atoms with Gasteiger partial charge in [-0.2, -0.15) is 0 Å². The highest BCUT2D eigenvalue weighted by molar-refractivity contribution is 5.91. The lowest BCUT2D eigenvalue weighted by atomic mass is 9.47. The van der Waals surface area contributed by atoms with Gasteiger partial charge in [0.15, 0.2) is 0 Å². The summed E-state index contributed by atoms with van der Waals surface area (Å²) in [6, 6.07) is 0. The van der Waals surface area contributed by atoms with Gasteiger partial charge in [0, 0.05) is 24.2 Å². The van der Waals surface area contributed by atoms with Crippen LogP contribution in [0.4, 0.5) is 0 Å². The topological polar surface area (TPSA) is 54.4 Å². The highest BCUT2D eigenvalue weighted by Crippen LogP contribution is 2.63. The summed E-state index contributed by atoms with van der Waals surface area (Å²) in [7, 11) is 0. The van der Waals surface area contributed by atoms with Crippen molar-refractivity contribution in [3.05, 3.63) is 11.6 Å². The van der Waals surface area contributed by atoms with Crippen LogP contribution >= 0.6 is 0 Å². The maximum Gasteiger partial charge on any atom is 0.140 e. The van der Waals surface area contributed by atoms with Crippen LogP contribution in [0.15, 0.2) is 11.6 Å². The third kappa shape index (κ3) is 1.72. The van der Waals surface area contributed by atoms with Gasteiger partial charge in [-0.15, -0.1) is 0 Å². The summed E-state index contributed by atoms with van der Waals surface area (Å²) in [6.07, 6.45) is 7.34. The lowest BCUT2D eigenvalue weighted by molar-refractivity contribution is -0.143. The van der Waals surface area contributed by atoms with Gasteiger partial charge in [-0.05, 0) is 49.4 Å². The van der Waals surface area contributed by atoms with Crippen LogP contribution in [0.3, 0.4) is 0 Å². The van der Waals surface area contributed by atoms with Crippen molar-refractivity contribution in [3.8, 4) is 0 Å². The summed E-state index contributed by atoms with van der Waals surface area (Å²) in [5.74, 6) is 1.42. The molecule has 120 valence electrons. The summed E-state index contributed by atoms with van der Waals surface area (Å²) in [4.78, 5) is 25.3. The molecule has 0 spiro atoms. The molecule has 6 atom stereocenters. The first-order chi connectivity index (χ1) is 10.4. The predicted octanol–water partition coefficient (Wildman–Crippen LogP) is 3.06. The number of rotatable bonds is 0. The Morgan fingerprint density at radius 3 is 2.50 bits per heavy atom. The van der Waals surface area contributed by atoms with Crippen molar-refractivity contribution in [2.24, 2.45) is 28.6 Å². The third-order valence-corrected chi connectivity index (χ3v) is 7.62. The first-order valence-electron chi connectivity index (χ1n) is 8.81. The monoisotopic (exact) mass is 302 g/mol. The molecular formula is C19H26O3. The molecule has 22 heavy (non-hydrogen) atoms. The fraction of sp³-hybridized carbons (Fsp3) is 0.789. The summed E-state index contributed by atoms with van der Waals surface area (Å²) in [6.45, 7) is 4.41. The van der Waals surface area contributed by atoms with Crippen molar-refractivity contribution in [3.63, 3.8) is 0 Å². The molecule has 4 rings (SSSR count). The molecule has 0 saturated heterocycles. The van der Waals surface area contributed by atoms with Crippen LogP contribution in [0.1, 0.15) is 58.8 Å². The number of carbonyl (C=O) groups excluding carboxylic acids is 2.